The van der Waals surface area contributed by atoms with Gasteiger partial charge in [-0.3, -0.25) is 0 Å². The largest absolute Gasteiger partial charge is 0.478 e. The Balaban J connectivity index is 2.24. The molecule has 21 heavy (non-hydrogen) atoms. The van der Waals surface area contributed by atoms with Gasteiger partial charge in [0.1, 0.15) is 0 Å². The van der Waals surface area contributed by atoms with Gasteiger partial charge in [-0.2, -0.15) is 0 Å². The first-order chi connectivity index (χ1) is 9.75. The van der Waals surface area contributed by atoms with Crippen molar-refractivity contribution in [3.05, 3.63) is 29.3 Å². The Labute approximate surface area is 125 Å². The quantitative estimate of drug-likeness (QED) is 0.875. The van der Waals surface area contributed by atoms with E-state index in [1.807, 2.05) is 0 Å². The number of hydrogen-bond acceptors (Lipinski definition) is 3. The number of sulfonamides is 1. The Bertz CT molecular complexity index is 646. The first-order valence-corrected chi connectivity index (χ1v) is 8.56. The number of carbonyl (C=O) groups is 1. The van der Waals surface area contributed by atoms with Crippen molar-refractivity contribution < 1.29 is 18.3 Å². The van der Waals surface area contributed by atoms with Gasteiger partial charge in [-0.05, 0) is 42.9 Å². The van der Waals surface area contributed by atoms with Crippen molar-refractivity contribution in [2.45, 2.75) is 44.4 Å². The van der Waals surface area contributed by atoms with Gasteiger partial charge in [0.2, 0.25) is 10.0 Å². The molecule has 1 aliphatic rings. The fourth-order valence-electron chi connectivity index (χ4n) is 2.89. The first-order valence-electron chi connectivity index (χ1n) is 7.08. The molecule has 1 aromatic carbocycles. The second kappa shape index (κ2) is 5.77. The van der Waals surface area contributed by atoms with E-state index in [0.717, 1.165) is 25.7 Å². The van der Waals surface area contributed by atoms with Gasteiger partial charge in [0.05, 0.1) is 10.5 Å². The molecule has 116 valence electrons. The third kappa shape index (κ3) is 3.44. The van der Waals surface area contributed by atoms with Crippen molar-refractivity contribution in [3.8, 4) is 0 Å². The first kappa shape index (κ1) is 16.0. The minimum absolute atomic E-state index is 0.00534. The summed E-state index contributed by atoms with van der Waals surface area (Å²) in [6.45, 7) is 4.00. The van der Waals surface area contributed by atoms with Crippen LogP contribution in [0.15, 0.2) is 23.1 Å². The molecule has 0 radical (unpaired) electrons. The third-order valence-electron chi connectivity index (χ3n) is 4.30. The molecule has 0 aliphatic heterocycles. The minimum Gasteiger partial charge on any atom is -0.478 e. The van der Waals surface area contributed by atoms with Crippen LogP contribution in [-0.2, 0) is 10.0 Å². The van der Waals surface area contributed by atoms with Gasteiger partial charge in [-0.25, -0.2) is 17.9 Å². The zero-order chi connectivity index (χ0) is 15.7. The highest BCUT2D eigenvalue weighted by molar-refractivity contribution is 7.89. The zero-order valence-electron chi connectivity index (χ0n) is 12.3. The van der Waals surface area contributed by atoms with Gasteiger partial charge in [0, 0.05) is 6.54 Å². The monoisotopic (exact) mass is 311 g/mol. The van der Waals surface area contributed by atoms with Crippen LogP contribution in [0.3, 0.4) is 0 Å². The van der Waals surface area contributed by atoms with Crippen LogP contribution in [0.2, 0.25) is 0 Å². The number of carboxylic acid groups (broad SMARTS) is 1. The molecule has 6 heteroatoms. The number of nitrogens with one attached hydrogen (secondary N) is 1. The molecule has 5 nitrogen and oxygen atoms in total. The number of benzene rings is 1. The highest BCUT2D eigenvalue weighted by atomic mass is 32.2. The fraction of sp³-hybridized carbons (Fsp3) is 0.533. The molecule has 0 atom stereocenters. The lowest BCUT2D eigenvalue weighted by atomic mass is 9.89. The normalized spacial score (nSPS) is 17.8. The summed E-state index contributed by atoms with van der Waals surface area (Å²) < 4.78 is 27.5. The molecule has 0 spiro atoms. The van der Waals surface area contributed by atoms with E-state index in [1.165, 1.54) is 25.1 Å². The van der Waals surface area contributed by atoms with Gasteiger partial charge in [-0.1, -0.05) is 25.8 Å². The van der Waals surface area contributed by atoms with E-state index in [9.17, 15) is 13.2 Å². The van der Waals surface area contributed by atoms with Crippen molar-refractivity contribution in [1.29, 1.82) is 0 Å². The number of aromatic carboxylic acids is 1. The second-order valence-electron chi connectivity index (χ2n) is 6.08. The number of carboxylic acids is 1. The van der Waals surface area contributed by atoms with E-state index in [-0.39, 0.29) is 21.4 Å². The number of hydrogen-bond donors (Lipinski definition) is 2. The summed E-state index contributed by atoms with van der Waals surface area (Å²) in [5.74, 6) is -1.12. The van der Waals surface area contributed by atoms with Crippen LogP contribution in [0.5, 0.6) is 0 Å². The standard InChI is InChI=1S/C15H21NO4S/c1-11-12(14(17)18)6-5-7-13(11)21(19,20)16-10-15(2)8-3-4-9-15/h5-7,16H,3-4,8-10H2,1-2H3,(H,17,18). The summed E-state index contributed by atoms with van der Waals surface area (Å²) in [6.07, 6.45) is 4.30. The average Bonchev–Trinajstić information content (AvgIpc) is 2.84. The molecule has 2 rings (SSSR count). The molecule has 1 fully saturated rings. The molecule has 0 unspecified atom stereocenters. The van der Waals surface area contributed by atoms with Gasteiger partial charge in [0.15, 0.2) is 0 Å². The maximum atomic E-state index is 12.4. The Hall–Kier alpha value is -1.40. The van der Waals surface area contributed by atoms with Gasteiger partial charge >= 0.3 is 5.97 Å². The molecule has 0 amide bonds. The summed E-state index contributed by atoms with van der Waals surface area (Å²) in [5.41, 5.74) is 0.296. The van der Waals surface area contributed by atoms with Gasteiger partial charge in [-0.15, -0.1) is 0 Å². The third-order valence-corrected chi connectivity index (χ3v) is 5.85. The van der Waals surface area contributed by atoms with Crippen molar-refractivity contribution in [1.82, 2.24) is 4.72 Å². The lowest BCUT2D eigenvalue weighted by Crippen LogP contribution is -2.34. The van der Waals surface area contributed by atoms with E-state index in [2.05, 4.69) is 11.6 Å². The van der Waals surface area contributed by atoms with E-state index in [0.29, 0.717) is 6.54 Å². The summed E-state index contributed by atoms with van der Waals surface area (Å²) >= 11 is 0. The number of rotatable bonds is 5. The van der Waals surface area contributed by atoms with Crippen LogP contribution in [-0.4, -0.2) is 26.0 Å². The highest BCUT2D eigenvalue weighted by Gasteiger charge is 2.31. The minimum atomic E-state index is -3.69. The lowest BCUT2D eigenvalue weighted by Gasteiger charge is -2.24. The van der Waals surface area contributed by atoms with Gasteiger partial charge < -0.3 is 5.11 Å². The Morgan fingerprint density at radius 3 is 2.52 bits per heavy atom. The van der Waals surface area contributed by atoms with Crippen molar-refractivity contribution >= 4 is 16.0 Å². The van der Waals surface area contributed by atoms with Gasteiger partial charge in [0.25, 0.3) is 0 Å². The summed E-state index contributed by atoms with van der Waals surface area (Å²) in [5, 5.41) is 9.08. The Morgan fingerprint density at radius 2 is 1.95 bits per heavy atom. The molecule has 2 N–H and O–H groups in total. The SMILES string of the molecule is Cc1c(C(=O)O)cccc1S(=O)(=O)NCC1(C)CCCC1. The van der Waals surface area contributed by atoms with Crippen molar-refractivity contribution in [2.75, 3.05) is 6.54 Å². The predicted octanol–water partition coefficient (Wildman–Crippen LogP) is 2.55. The van der Waals surface area contributed by atoms with E-state index >= 15 is 0 Å². The topological polar surface area (TPSA) is 83.5 Å². The highest BCUT2D eigenvalue weighted by Crippen LogP contribution is 2.37. The van der Waals surface area contributed by atoms with E-state index in [1.54, 1.807) is 0 Å². The Morgan fingerprint density at radius 1 is 1.33 bits per heavy atom. The van der Waals surface area contributed by atoms with Crippen LogP contribution in [0.1, 0.15) is 48.5 Å². The van der Waals surface area contributed by atoms with Crippen LogP contribution < -0.4 is 4.72 Å². The van der Waals surface area contributed by atoms with Crippen LogP contribution in [0, 0.1) is 12.3 Å². The maximum Gasteiger partial charge on any atom is 0.335 e. The van der Waals surface area contributed by atoms with Crippen LogP contribution in [0.4, 0.5) is 0 Å². The van der Waals surface area contributed by atoms with Crippen LogP contribution in [0.25, 0.3) is 0 Å². The molecular weight excluding hydrogens is 290 g/mol. The fourth-order valence-corrected chi connectivity index (χ4v) is 4.35. The molecule has 0 aromatic heterocycles. The molecule has 0 bridgehead atoms. The summed E-state index contributed by atoms with van der Waals surface area (Å²) in [6, 6.07) is 4.32. The zero-order valence-corrected chi connectivity index (χ0v) is 13.2. The molecule has 0 saturated heterocycles. The van der Waals surface area contributed by atoms with E-state index < -0.39 is 16.0 Å². The second-order valence-corrected chi connectivity index (χ2v) is 7.81. The van der Waals surface area contributed by atoms with E-state index in [4.69, 9.17) is 5.11 Å². The molecule has 1 aliphatic carbocycles. The van der Waals surface area contributed by atoms with Crippen LogP contribution >= 0.6 is 0 Å². The molecule has 1 saturated carbocycles. The molecule has 1 aromatic rings. The average molecular weight is 311 g/mol. The molecule has 0 heterocycles. The maximum absolute atomic E-state index is 12.4. The smallest absolute Gasteiger partial charge is 0.335 e. The summed E-state index contributed by atoms with van der Waals surface area (Å²) in [7, 11) is -3.69. The lowest BCUT2D eigenvalue weighted by molar-refractivity contribution is 0.0696. The predicted molar refractivity (Wildman–Crippen MR) is 79.9 cm³/mol. The molecular formula is C15H21NO4S. The van der Waals surface area contributed by atoms with Crippen molar-refractivity contribution in [3.63, 3.8) is 0 Å². The summed E-state index contributed by atoms with van der Waals surface area (Å²) in [4.78, 5) is 11.1. The Kier molecular flexibility index (Phi) is 4.39. The van der Waals surface area contributed by atoms with Crippen molar-refractivity contribution in [2.24, 2.45) is 5.41 Å².